The van der Waals surface area contributed by atoms with Gasteiger partial charge in [-0.1, -0.05) is 56.1 Å². The molecule has 0 saturated heterocycles. The Morgan fingerprint density at radius 2 is 2.16 bits per heavy atom. The van der Waals surface area contributed by atoms with Crippen molar-refractivity contribution in [2.45, 2.75) is 44.4 Å². The van der Waals surface area contributed by atoms with Crippen molar-refractivity contribution in [2.24, 2.45) is 0 Å². The monoisotopic (exact) mass is 357 g/mol. The van der Waals surface area contributed by atoms with Gasteiger partial charge in [0.1, 0.15) is 11.6 Å². The van der Waals surface area contributed by atoms with E-state index in [0.717, 1.165) is 24.2 Å². The number of ether oxygens (including phenoxy) is 1. The van der Waals surface area contributed by atoms with Crippen LogP contribution in [0.1, 0.15) is 43.7 Å². The number of aromatic amines is 1. The SMILES string of the molecule is CCCCCCOCc1cccc(-c2nc(SC)[nH]c(=O)c2C#N)c1. The number of thioether (sulfide) groups is 1. The lowest BCUT2D eigenvalue weighted by atomic mass is 10.1. The molecule has 0 aliphatic rings. The van der Waals surface area contributed by atoms with Crippen LogP contribution in [0.4, 0.5) is 0 Å². The topological polar surface area (TPSA) is 78.8 Å². The molecular formula is C19H23N3O2S. The summed E-state index contributed by atoms with van der Waals surface area (Å²) in [5, 5.41) is 9.79. The van der Waals surface area contributed by atoms with E-state index in [1.807, 2.05) is 36.6 Å². The van der Waals surface area contributed by atoms with Crippen LogP contribution in [0.5, 0.6) is 0 Å². The molecule has 0 aliphatic heterocycles. The first-order valence-electron chi connectivity index (χ1n) is 8.45. The lowest BCUT2D eigenvalue weighted by Gasteiger charge is -2.08. The number of unbranched alkanes of at least 4 members (excludes halogenated alkanes) is 3. The summed E-state index contributed by atoms with van der Waals surface area (Å²) in [6, 6.07) is 9.62. The third kappa shape index (κ3) is 5.45. The highest BCUT2D eigenvalue weighted by Gasteiger charge is 2.13. The molecule has 2 aromatic rings. The molecule has 1 aromatic heterocycles. The van der Waals surface area contributed by atoms with Gasteiger partial charge in [-0.2, -0.15) is 5.26 Å². The van der Waals surface area contributed by atoms with Gasteiger partial charge in [-0.05, 0) is 24.3 Å². The molecule has 1 aromatic carbocycles. The molecule has 1 N–H and O–H groups in total. The summed E-state index contributed by atoms with van der Waals surface area (Å²) in [5.74, 6) is 0. The van der Waals surface area contributed by atoms with Crippen LogP contribution < -0.4 is 5.56 Å². The van der Waals surface area contributed by atoms with Gasteiger partial charge in [0, 0.05) is 12.2 Å². The Labute approximate surface area is 152 Å². The highest BCUT2D eigenvalue weighted by molar-refractivity contribution is 7.98. The van der Waals surface area contributed by atoms with E-state index in [1.165, 1.54) is 31.0 Å². The van der Waals surface area contributed by atoms with E-state index in [-0.39, 0.29) is 5.56 Å². The normalized spacial score (nSPS) is 10.6. The summed E-state index contributed by atoms with van der Waals surface area (Å²) >= 11 is 1.34. The van der Waals surface area contributed by atoms with Crippen LogP contribution in [0.15, 0.2) is 34.2 Å². The third-order valence-corrected chi connectivity index (χ3v) is 4.39. The quantitative estimate of drug-likeness (QED) is 0.415. The van der Waals surface area contributed by atoms with Crippen LogP contribution in [0.3, 0.4) is 0 Å². The van der Waals surface area contributed by atoms with Crippen molar-refractivity contribution in [3.8, 4) is 17.3 Å². The average Bonchev–Trinajstić information content (AvgIpc) is 2.64. The molecule has 5 nitrogen and oxygen atoms in total. The van der Waals surface area contributed by atoms with E-state index in [4.69, 9.17) is 4.74 Å². The molecule has 132 valence electrons. The summed E-state index contributed by atoms with van der Waals surface area (Å²) in [6.45, 7) is 3.45. The number of rotatable bonds is 9. The minimum absolute atomic E-state index is 0.0374. The third-order valence-electron chi connectivity index (χ3n) is 3.81. The molecule has 6 heteroatoms. The minimum atomic E-state index is -0.408. The van der Waals surface area contributed by atoms with Gasteiger partial charge < -0.3 is 9.72 Å². The average molecular weight is 357 g/mol. The van der Waals surface area contributed by atoms with E-state index in [1.54, 1.807) is 0 Å². The molecule has 0 bridgehead atoms. The van der Waals surface area contributed by atoms with Crippen LogP contribution in [0.2, 0.25) is 0 Å². The summed E-state index contributed by atoms with van der Waals surface area (Å²) in [6.07, 6.45) is 6.54. The molecule has 0 amide bonds. The zero-order valence-electron chi connectivity index (χ0n) is 14.7. The Balaban J connectivity index is 2.15. The van der Waals surface area contributed by atoms with Crippen molar-refractivity contribution < 1.29 is 4.74 Å². The fraction of sp³-hybridized carbons (Fsp3) is 0.421. The zero-order valence-corrected chi connectivity index (χ0v) is 15.5. The van der Waals surface area contributed by atoms with Gasteiger partial charge in [0.05, 0.1) is 12.3 Å². The second kappa shape index (κ2) is 10.0. The molecular weight excluding hydrogens is 334 g/mol. The van der Waals surface area contributed by atoms with Crippen molar-refractivity contribution in [3.05, 3.63) is 45.7 Å². The molecule has 25 heavy (non-hydrogen) atoms. The van der Waals surface area contributed by atoms with Gasteiger partial charge in [-0.15, -0.1) is 0 Å². The standard InChI is InChI=1S/C19H23N3O2S/c1-3-4-5-6-10-24-13-14-8-7-9-15(11-14)17-16(12-20)18(23)22-19(21-17)25-2/h7-9,11H,3-6,10,13H2,1-2H3,(H,21,22,23). The van der Waals surface area contributed by atoms with E-state index in [9.17, 15) is 10.1 Å². The van der Waals surface area contributed by atoms with Gasteiger partial charge in [0.15, 0.2) is 5.16 Å². The van der Waals surface area contributed by atoms with E-state index < -0.39 is 5.56 Å². The highest BCUT2D eigenvalue weighted by Crippen LogP contribution is 2.22. The zero-order chi connectivity index (χ0) is 18.1. The maximum absolute atomic E-state index is 12.1. The maximum Gasteiger partial charge on any atom is 0.270 e. The summed E-state index contributed by atoms with van der Waals surface area (Å²) in [4.78, 5) is 19.1. The number of aromatic nitrogens is 2. The lowest BCUT2D eigenvalue weighted by Crippen LogP contribution is -2.14. The van der Waals surface area contributed by atoms with Crippen molar-refractivity contribution in [2.75, 3.05) is 12.9 Å². The predicted octanol–water partition coefficient (Wildman–Crippen LogP) is 4.13. The molecule has 2 rings (SSSR count). The van der Waals surface area contributed by atoms with Gasteiger partial charge in [0.2, 0.25) is 0 Å². The van der Waals surface area contributed by atoms with Crippen LogP contribution >= 0.6 is 11.8 Å². The largest absolute Gasteiger partial charge is 0.377 e. The summed E-state index contributed by atoms with van der Waals surface area (Å²) < 4.78 is 5.72. The number of benzene rings is 1. The van der Waals surface area contributed by atoms with E-state index >= 15 is 0 Å². The predicted molar refractivity (Wildman–Crippen MR) is 101 cm³/mol. The highest BCUT2D eigenvalue weighted by atomic mass is 32.2. The van der Waals surface area contributed by atoms with Crippen LogP contribution in [-0.2, 0) is 11.3 Å². The van der Waals surface area contributed by atoms with Crippen molar-refractivity contribution in [3.63, 3.8) is 0 Å². The fourth-order valence-electron chi connectivity index (χ4n) is 2.49. The maximum atomic E-state index is 12.1. The van der Waals surface area contributed by atoms with Crippen molar-refractivity contribution >= 4 is 11.8 Å². The molecule has 0 spiro atoms. The smallest absolute Gasteiger partial charge is 0.270 e. The van der Waals surface area contributed by atoms with E-state index in [0.29, 0.717) is 17.5 Å². The van der Waals surface area contributed by atoms with Gasteiger partial charge >= 0.3 is 0 Å². The fourth-order valence-corrected chi connectivity index (χ4v) is 2.87. The number of hydrogen-bond donors (Lipinski definition) is 1. The molecule has 1 heterocycles. The van der Waals surface area contributed by atoms with Gasteiger partial charge in [-0.25, -0.2) is 4.98 Å². The first kappa shape index (κ1) is 19.2. The van der Waals surface area contributed by atoms with E-state index in [2.05, 4.69) is 16.9 Å². The Kier molecular flexibility index (Phi) is 7.71. The molecule has 0 fully saturated rings. The number of nitrogens with one attached hydrogen (secondary N) is 1. The van der Waals surface area contributed by atoms with Crippen molar-refractivity contribution in [1.82, 2.24) is 9.97 Å². The number of hydrogen-bond acceptors (Lipinski definition) is 5. The molecule has 0 aliphatic carbocycles. The van der Waals surface area contributed by atoms with Crippen LogP contribution in [0, 0.1) is 11.3 Å². The van der Waals surface area contributed by atoms with Gasteiger partial charge in [-0.3, -0.25) is 4.79 Å². The first-order valence-corrected chi connectivity index (χ1v) is 9.67. The molecule has 0 unspecified atom stereocenters. The van der Waals surface area contributed by atoms with Crippen molar-refractivity contribution in [1.29, 1.82) is 5.26 Å². The Hall–Kier alpha value is -2.10. The Bertz CT molecular complexity index is 796. The summed E-state index contributed by atoms with van der Waals surface area (Å²) in [7, 11) is 0. The lowest BCUT2D eigenvalue weighted by molar-refractivity contribution is 0.117. The molecule has 0 radical (unpaired) electrons. The minimum Gasteiger partial charge on any atom is -0.377 e. The first-order chi connectivity index (χ1) is 12.2. The second-order valence-electron chi connectivity index (χ2n) is 5.72. The molecule has 0 saturated carbocycles. The molecule has 0 atom stereocenters. The Morgan fingerprint density at radius 1 is 1.32 bits per heavy atom. The van der Waals surface area contributed by atoms with Gasteiger partial charge in [0.25, 0.3) is 5.56 Å². The van der Waals surface area contributed by atoms with Crippen LogP contribution in [0.25, 0.3) is 11.3 Å². The number of nitriles is 1. The summed E-state index contributed by atoms with van der Waals surface area (Å²) in [5.41, 5.74) is 1.81. The Morgan fingerprint density at radius 3 is 2.88 bits per heavy atom. The second-order valence-corrected chi connectivity index (χ2v) is 6.52. The number of nitrogens with zero attached hydrogens (tertiary/aromatic N) is 2. The van der Waals surface area contributed by atoms with Crippen LogP contribution in [-0.4, -0.2) is 22.8 Å². The number of H-pyrrole nitrogens is 1.